The van der Waals surface area contributed by atoms with Crippen LogP contribution < -0.4 is 0 Å². The van der Waals surface area contributed by atoms with Crippen LogP contribution in [0.15, 0.2) is 0 Å². The summed E-state index contributed by atoms with van der Waals surface area (Å²) < 4.78 is 57.5. The number of carbonyl (C=O) groups excluding carboxylic acids is 4. The van der Waals surface area contributed by atoms with Crippen molar-refractivity contribution in [3.05, 3.63) is 0 Å². The average molecular weight is 1960 g/mol. The van der Waals surface area contributed by atoms with Crippen molar-refractivity contribution in [2.24, 2.45) is 23.7 Å². The molecular weight excluding hydrogens is 1730 g/mol. The topological polar surface area (TPSA) is 239 Å². The van der Waals surface area contributed by atoms with Crippen molar-refractivity contribution in [2.75, 3.05) is 33.0 Å². The molecule has 17 unspecified atom stereocenters. The third kappa shape index (κ3) is 73.6. The largest absolute Gasteiger partial charge is 0.459 e. The molecule has 2 fully saturated rings. The van der Waals surface area contributed by atoms with E-state index in [9.17, 15) is 39.6 Å². The van der Waals surface area contributed by atoms with Gasteiger partial charge in [-0.25, -0.2) is 0 Å². The molecule has 17 nitrogen and oxygen atoms in total. The average Bonchev–Trinajstić information content (AvgIpc) is 1.68. The van der Waals surface area contributed by atoms with Crippen LogP contribution in [0.2, 0.25) is 0 Å². The quantitative estimate of drug-likeness (QED) is 0.0192. The van der Waals surface area contributed by atoms with Gasteiger partial charge in [-0.2, -0.15) is 0 Å². The first-order valence-electron chi connectivity index (χ1n) is 61.1. The summed E-state index contributed by atoms with van der Waals surface area (Å²) >= 11 is 0. The highest BCUT2D eigenvalue weighted by molar-refractivity contribution is 5.74. The van der Waals surface area contributed by atoms with Crippen LogP contribution in [0.1, 0.15) is 616 Å². The van der Waals surface area contributed by atoms with Gasteiger partial charge in [0.2, 0.25) is 0 Å². The molecule has 0 spiro atoms. The first-order valence-corrected chi connectivity index (χ1v) is 61.1. The monoisotopic (exact) mass is 1960 g/mol. The maximum Gasteiger partial charge on any atom is 0.309 e. The first-order chi connectivity index (χ1) is 67.5. The summed E-state index contributed by atoms with van der Waals surface area (Å²) in [6.45, 7) is 27.3. The van der Waals surface area contributed by atoms with Crippen LogP contribution in [0, 0.1) is 23.7 Å². The molecule has 4 N–H and O–H groups in total. The van der Waals surface area contributed by atoms with Gasteiger partial charge in [0.1, 0.15) is 30.5 Å². The Balaban J connectivity index is 2.24. The van der Waals surface area contributed by atoms with Crippen molar-refractivity contribution >= 4 is 23.9 Å². The molecule has 0 bridgehead atoms. The van der Waals surface area contributed by atoms with Crippen molar-refractivity contribution in [3.8, 4) is 0 Å². The molecule has 0 radical (unpaired) electrons. The van der Waals surface area contributed by atoms with Gasteiger partial charge in [-0.05, 0) is 128 Å². The number of aliphatic hydroxyl groups excluding tert-OH is 4. The number of hydrogen-bond acceptors (Lipinski definition) is 17. The summed E-state index contributed by atoms with van der Waals surface area (Å²) in [6.07, 6.45) is 79.5. The molecule has 2 aliphatic rings. The Bertz CT molecular complexity index is 2630. The van der Waals surface area contributed by atoms with E-state index in [4.69, 9.17) is 42.6 Å². The maximum absolute atomic E-state index is 14.5. The second kappa shape index (κ2) is 95.4. The predicted molar refractivity (Wildman–Crippen MR) is 576 cm³/mol. The van der Waals surface area contributed by atoms with Gasteiger partial charge in [-0.1, -0.05) is 468 Å². The summed E-state index contributed by atoms with van der Waals surface area (Å²) in [6, 6.07) is 0. The molecule has 0 amide bonds. The highest BCUT2D eigenvalue weighted by atomic mass is 16.6. The Morgan fingerprint density at radius 2 is 0.435 bits per heavy atom. The Kier molecular flexibility index (Phi) is 91.0. The number of epoxide rings is 2. The lowest BCUT2D eigenvalue weighted by Gasteiger charge is -2.30. The normalized spacial score (nSPS) is 17.7. The molecule has 0 saturated carbocycles. The van der Waals surface area contributed by atoms with Crippen molar-refractivity contribution in [2.45, 2.75) is 695 Å². The van der Waals surface area contributed by atoms with Crippen molar-refractivity contribution in [3.63, 3.8) is 0 Å². The van der Waals surface area contributed by atoms with E-state index in [-0.39, 0.29) is 84.5 Å². The Morgan fingerprint density at radius 1 is 0.217 bits per heavy atom. The van der Waals surface area contributed by atoms with E-state index in [1.165, 1.54) is 141 Å². The Morgan fingerprint density at radius 3 is 0.739 bits per heavy atom. The minimum Gasteiger partial charge on any atom is -0.459 e. The summed E-state index contributed by atoms with van der Waals surface area (Å²) in [5.74, 6) is -1.30. The zero-order valence-corrected chi connectivity index (χ0v) is 92.8. The molecule has 818 valence electrons. The van der Waals surface area contributed by atoms with E-state index in [1.54, 1.807) is 0 Å². The summed E-state index contributed by atoms with van der Waals surface area (Å²) in [5.41, 5.74) is 0. The predicted octanol–water partition coefficient (Wildman–Crippen LogP) is 33.5. The van der Waals surface area contributed by atoms with E-state index in [2.05, 4.69) is 76.2 Å². The van der Waals surface area contributed by atoms with E-state index in [0.29, 0.717) is 71.6 Å². The van der Waals surface area contributed by atoms with Crippen LogP contribution in [-0.2, 0) is 61.8 Å². The Hall–Kier alpha value is -2.48. The summed E-state index contributed by atoms with van der Waals surface area (Å²) in [5, 5.41) is 48.1. The number of hydrogen-bond donors (Lipinski definition) is 4. The number of unbranched alkanes of at least 4 members (excludes halogenated alkanes) is 53. The molecule has 2 aliphatic heterocycles. The molecule has 17 atom stereocenters. The van der Waals surface area contributed by atoms with Gasteiger partial charge in [-0.3, -0.25) is 19.2 Å². The van der Waals surface area contributed by atoms with Gasteiger partial charge in [0.15, 0.2) is 0 Å². The molecule has 2 rings (SSSR count). The van der Waals surface area contributed by atoms with Crippen LogP contribution in [0.4, 0.5) is 0 Å². The number of carbonyl (C=O) groups is 4. The van der Waals surface area contributed by atoms with Gasteiger partial charge in [0.05, 0.1) is 85.7 Å². The molecular formula is C121H232O17. The zero-order valence-electron chi connectivity index (χ0n) is 92.8. The van der Waals surface area contributed by atoms with Crippen LogP contribution in [0.25, 0.3) is 0 Å². The number of rotatable bonds is 110. The fourth-order valence-electron chi connectivity index (χ4n) is 20.7. The fourth-order valence-corrected chi connectivity index (χ4v) is 20.7. The third-order valence-electron chi connectivity index (χ3n) is 30.4. The van der Waals surface area contributed by atoms with Crippen LogP contribution >= 0.6 is 0 Å². The number of ether oxygens (including phenoxy) is 9. The lowest BCUT2D eigenvalue weighted by atomic mass is 9.93. The van der Waals surface area contributed by atoms with E-state index in [0.717, 1.165) is 353 Å². The SMILES string of the molecule is CCCCCCCCC(CCCCCC)C(=O)OC(CCCCC)C(O)CC(O)C(CCCCCCCCOCC(COCCCCCCCCC(O)C(CC1OC1CCCCC)OC(=O)C(CCCCCC)CCCCCCCC)OCCCCCCCCC(OC(=O)C(CCCCCC)CCCCCCCC)C(O)CC1OC1CCCCC)OC(=O)C(CCCCCC)CCCCCCCC. The standard InChI is InChI=1S/C121H232O17/c1-12-23-34-42-52-69-83-101(79-65-38-27-16-5)118(126)135-110(88-62-31-20-9)107(123)96-108(124)111(136-119(127)102(80-66-39-28-17-6)84-70-53-43-35-24-13-2)89-74-57-47-50-60-77-94-131-100-105(132-95-78-61-51-48-58-75-90-112(109(125)97-116-113(133-116)91-63-32-21-10)137-120(128)103(81-67-40-29-18-7)85-71-54-44-36-25-14-3)99-130-93-76-59-49-46-56-73-87-106(122)115(98-117-114(134-117)92-64-33-22-11)138-121(129)104(82-68-41-30-19-8)86-72-55-45-37-26-15-4/h101-117,122-125H,12-100H2,1-11H3. The van der Waals surface area contributed by atoms with Gasteiger partial charge < -0.3 is 63.1 Å². The maximum atomic E-state index is 14.5. The van der Waals surface area contributed by atoms with Crippen molar-refractivity contribution in [1.29, 1.82) is 0 Å². The van der Waals surface area contributed by atoms with Gasteiger partial charge in [-0.15, -0.1) is 0 Å². The van der Waals surface area contributed by atoms with E-state index < -0.39 is 48.8 Å². The minimum atomic E-state index is -1.11. The summed E-state index contributed by atoms with van der Waals surface area (Å²) in [7, 11) is 0. The van der Waals surface area contributed by atoms with Gasteiger partial charge in [0.25, 0.3) is 0 Å². The highest BCUT2D eigenvalue weighted by Crippen LogP contribution is 2.37. The highest BCUT2D eigenvalue weighted by Gasteiger charge is 2.44. The van der Waals surface area contributed by atoms with Gasteiger partial charge >= 0.3 is 23.9 Å². The molecule has 2 saturated heterocycles. The number of esters is 4. The first kappa shape index (κ1) is 132. The molecule has 138 heavy (non-hydrogen) atoms. The number of aliphatic hydroxyl groups is 4. The minimum absolute atomic E-state index is 0.0278. The second-order valence-electron chi connectivity index (χ2n) is 43.6. The van der Waals surface area contributed by atoms with Gasteiger partial charge in [0, 0.05) is 39.1 Å². The molecule has 0 aromatic carbocycles. The Labute approximate surface area is 852 Å². The van der Waals surface area contributed by atoms with Crippen molar-refractivity contribution < 1.29 is 82.2 Å². The zero-order chi connectivity index (χ0) is 100. The van der Waals surface area contributed by atoms with E-state index >= 15 is 0 Å². The van der Waals surface area contributed by atoms with Crippen LogP contribution in [0.5, 0.6) is 0 Å². The lowest BCUT2D eigenvalue weighted by Crippen LogP contribution is -2.41. The fraction of sp³-hybridized carbons (Fsp3) is 0.967. The smallest absolute Gasteiger partial charge is 0.309 e. The molecule has 0 aliphatic carbocycles. The van der Waals surface area contributed by atoms with Crippen LogP contribution in [0.3, 0.4) is 0 Å². The van der Waals surface area contributed by atoms with E-state index in [1.807, 2.05) is 0 Å². The summed E-state index contributed by atoms with van der Waals surface area (Å²) in [4.78, 5) is 57.1. The molecule has 17 heteroatoms. The second-order valence-corrected chi connectivity index (χ2v) is 43.6. The van der Waals surface area contributed by atoms with Crippen LogP contribution in [-0.4, -0.2) is 157 Å². The molecule has 2 heterocycles. The molecule has 0 aromatic rings. The lowest BCUT2D eigenvalue weighted by molar-refractivity contribution is -0.167. The third-order valence-corrected chi connectivity index (χ3v) is 30.4. The molecule has 0 aromatic heterocycles. The van der Waals surface area contributed by atoms with Crippen molar-refractivity contribution in [1.82, 2.24) is 0 Å².